The maximum atomic E-state index is 12.2. The predicted octanol–water partition coefficient (Wildman–Crippen LogP) is 2.09. The first-order valence-corrected chi connectivity index (χ1v) is 24.8. The molecule has 1 N–H and O–H groups in total. The Kier molecular flexibility index (Phi) is 20.2. The molecule has 2 aliphatic heterocycles. The number of fused-ring (bicyclic) bond motifs is 2. The van der Waals surface area contributed by atoms with Crippen LogP contribution >= 0.6 is 0 Å². The van der Waals surface area contributed by atoms with E-state index < -0.39 is 52.2 Å². The van der Waals surface area contributed by atoms with E-state index in [2.05, 4.69) is 0 Å². The summed E-state index contributed by atoms with van der Waals surface area (Å²) >= 11 is 0. The molecule has 1 unspecified atom stereocenters. The fourth-order valence-electron chi connectivity index (χ4n) is 7.10. The Labute approximate surface area is 364 Å². The maximum absolute atomic E-state index is 12.2. The summed E-state index contributed by atoms with van der Waals surface area (Å²) in [5.41, 5.74) is 2.22. The molecule has 21 heteroatoms. The smallest absolute Gasteiger partial charge is 0.203 e. The van der Waals surface area contributed by atoms with E-state index in [9.17, 15) is 38.9 Å². The fourth-order valence-corrected chi connectivity index (χ4v) is 8.58. The van der Waals surface area contributed by atoms with E-state index in [0.717, 1.165) is 16.5 Å². The van der Waals surface area contributed by atoms with E-state index in [1.165, 1.54) is 24.5 Å². The van der Waals surface area contributed by atoms with Gasteiger partial charge in [0.25, 0.3) is 0 Å². The highest BCUT2D eigenvalue weighted by Crippen LogP contribution is 2.51. The van der Waals surface area contributed by atoms with Gasteiger partial charge in [0.15, 0.2) is 0 Å². The third-order valence-corrected chi connectivity index (χ3v) is 12.5. The molecule has 1 atom stereocenters. The fraction of sp³-hybridized carbons (Fsp3) is 0.537. The quantitative estimate of drug-likeness (QED) is 0.0594. The molecule has 0 radical (unpaired) electrons. The Morgan fingerprint density at radius 2 is 1.37 bits per heavy atom. The van der Waals surface area contributed by atoms with Crippen LogP contribution in [0.5, 0.6) is 0 Å². The highest BCUT2D eigenvalue weighted by molar-refractivity contribution is 7.86. The first-order valence-electron chi connectivity index (χ1n) is 20.2. The van der Waals surface area contributed by atoms with Crippen LogP contribution in [0.3, 0.4) is 0 Å². The molecular formula is C41H56N2O16S3-2. The summed E-state index contributed by atoms with van der Waals surface area (Å²) < 4.78 is 140. The highest BCUT2D eigenvalue weighted by atomic mass is 32.2. The molecule has 62 heavy (non-hydrogen) atoms. The average molecular weight is 929 g/mol. The van der Waals surface area contributed by atoms with Gasteiger partial charge in [0, 0.05) is 52.9 Å². The molecule has 0 saturated heterocycles. The molecule has 3 aliphatic rings. The van der Waals surface area contributed by atoms with Crippen LogP contribution in [0.15, 0.2) is 75.9 Å². The number of hydrogen-bond donors (Lipinski definition) is 1. The highest BCUT2D eigenvalue weighted by Gasteiger charge is 2.43. The Morgan fingerprint density at radius 1 is 0.774 bits per heavy atom. The van der Waals surface area contributed by atoms with Crippen molar-refractivity contribution in [3.8, 4) is 11.3 Å². The van der Waals surface area contributed by atoms with Crippen molar-refractivity contribution in [2.45, 2.75) is 43.4 Å². The lowest BCUT2D eigenvalue weighted by atomic mass is 9.77. The van der Waals surface area contributed by atoms with Crippen molar-refractivity contribution in [2.75, 3.05) is 109 Å². The standard InChI is InChI=1S/C41H58N2O16S3/c1-3-42(15-6-30-61(48,49)50)34-9-11-36-33(13-18-59-39(36)31-34)7-4-8-40-41(2,14-5-29-60(45,46)47)37-32-35(62(51,52)53)10-12-38(37)43(40)16-19-54-21-23-56-25-27-58-28-26-57-24-22-55-20-17-44/h4,7-13,18,31-32,44H,3,5-6,14-17,19-30H2,1-2H3,(H2-,45,46,47,48,49,50,51,52,53)/p-2. The average Bonchev–Trinajstić information content (AvgIpc) is 3.43. The molecule has 0 amide bonds. The zero-order valence-electron chi connectivity index (χ0n) is 35.0. The summed E-state index contributed by atoms with van der Waals surface area (Å²) in [5.74, 6) is -0.556. The van der Waals surface area contributed by atoms with Crippen LogP contribution in [0.2, 0.25) is 0 Å². The largest absolute Gasteiger partial charge is 0.748 e. The Bertz CT molecular complexity index is 2330. The Balaban J connectivity index is 1.52. The second kappa shape index (κ2) is 24.5. The van der Waals surface area contributed by atoms with Gasteiger partial charge in [-0.25, -0.2) is 29.8 Å². The lowest BCUT2D eigenvalue weighted by Gasteiger charge is -2.30. The minimum atomic E-state index is -4.85. The van der Waals surface area contributed by atoms with E-state index in [-0.39, 0.29) is 58.8 Å². The number of aliphatic hydroxyl groups excluding tert-OH is 1. The molecule has 1 aromatic rings. The van der Waals surface area contributed by atoms with Gasteiger partial charge in [-0.15, -0.1) is 0 Å². The van der Waals surface area contributed by atoms with Crippen LogP contribution in [0.25, 0.3) is 17.4 Å². The van der Waals surface area contributed by atoms with Gasteiger partial charge in [0.2, 0.25) is 5.36 Å². The van der Waals surface area contributed by atoms with E-state index in [1.807, 2.05) is 53.7 Å². The van der Waals surface area contributed by atoms with Crippen molar-refractivity contribution in [1.82, 2.24) is 4.58 Å². The maximum Gasteiger partial charge on any atom is 0.203 e. The minimum Gasteiger partial charge on any atom is -0.748 e. The van der Waals surface area contributed by atoms with Crippen LogP contribution < -0.4 is 14.8 Å². The van der Waals surface area contributed by atoms with Crippen LogP contribution in [0.4, 0.5) is 5.69 Å². The number of ether oxygens (including phenoxy) is 5. The zero-order chi connectivity index (χ0) is 45.2. The number of allylic oxidation sites excluding steroid dienone is 3. The second-order valence-corrected chi connectivity index (χ2v) is 18.9. The number of benzene rings is 2. The van der Waals surface area contributed by atoms with Crippen LogP contribution in [-0.4, -0.2) is 148 Å². The third kappa shape index (κ3) is 16.2. The second-order valence-electron chi connectivity index (χ2n) is 14.4. The molecule has 0 bridgehead atoms. The zero-order valence-corrected chi connectivity index (χ0v) is 37.4. The summed E-state index contributed by atoms with van der Waals surface area (Å²) in [7, 11) is -13.8. The van der Waals surface area contributed by atoms with Gasteiger partial charge >= 0.3 is 0 Å². The van der Waals surface area contributed by atoms with Gasteiger partial charge in [0.05, 0.1) is 110 Å². The normalized spacial score (nSPS) is 17.1. The molecule has 346 valence electrons. The van der Waals surface area contributed by atoms with E-state index in [4.69, 9.17) is 33.2 Å². The van der Waals surface area contributed by atoms with E-state index >= 15 is 0 Å². The van der Waals surface area contributed by atoms with Crippen LogP contribution in [0, 0.1) is 0 Å². The molecule has 18 nitrogen and oxygen atoms in total. The molecule has 0 aromatic heterocycles. The van der Waals surface area contributed by atoms with Gasteiger partial charge in [-0.1, -0.05) is 12.2 Å². The van der Waals surface area contributed by atoms with Crippen molar-refractivity contribution in [3.63, 3.8) is 0 Å². The van der Waals surface area contributed by atoms with Gasteiger partial charge in [-0.2, -0.15) is 0 Å². The van der Waals surface area contributed by atoms with Gasteiger partial charge in [-0.05, 0) is 74.2 Å². The first kappa shape index (κ1) is 51.1. The third-order valence-electron chi connectivity index (χ3n) is 10.1. The Morgan fingerprint density at radius 3 is 1.95 bits per heavy atom. The van der Waals surface area contributed by atoms with E-state index in [0.29, 0.717) is 75.4 Å². The molecule has 0 saturated carbocycles. The monoisotopic (exact) mass is 928 g/mol. The summed E-state index contributed by atoms with van der Waals surface area (Å²) in [4.78, 5) is 1.48. The van der Waals surface area contributed by atoms with Crippen molar-refractivity contribution >= 4 is 42.1 Å². The molecular weight excluding hydrogens is 873 g/mol. The SMILES string of the molecule is CC[N+](CCCS(=O)(=O)[O-])=c1ccc2c(/C=C/C=C3/N(CCOCCOCCOCCOCCOCCO)c4ccc(S(=O)(=O)[O-])cc4C3(C)CCCS(=O)(=O)[O-])ccoc-2c1. The van der Waals surface area contributed by atoms with Crippen LogP contribution in [0.1, 0.15) is 44.2 Å². The molecule has 1 aliphatic carbocycles. The van der Waals surface area contributed by atoms with Crippen molar-refractivity contribution in [1.29, 1.82) is 0 Å². The summed E-state index contributed by atoms with van der Waals surface area (Å²) in [6.07, 6.45) is 7.26. The van der Waals surface area contributed by atoms with Crippen molar-refractivity contribution in [2.24, 2.45) is 0 Å². The van der Waals surface area contributed by atoms with Crippen molar-refractivity contribution in [3.05, 3.63) is 83.1 Å². The topological polar surface area (TPSA) is 257 Å². The lowest BCUT2D eigenvalue weighted by Crippen LogP contribution is -2.31. The predicted molar refractivity (Wildman–Crippen MR) is 226 cm³/mol. The molecule has 0 fully saturated rings. The molecule has 4 rings (SSSR count). The molecule has 1 aromatic carbocycles. The summed E-state index contributed by atoms with van der Waals surface area (Å²) in [6.45, 7) is 8.18. The first-order chi connectivity index (χ1) is 29.5. The molecule has 0 spiro atoms. The number of rotatable bonds is 29. The summed E-state index contributed by atoms with van der Waals surface area (Å²) in [6, 6.07) is 11.4. The number of hydrogen-bond acceptors (Lipinski definition) is 17. The van der Waals surface area contributed by atoms with Gasteiger partial charge in [0.1, 0.15) is 29.0 Å². The van der Waals surface area contributed by atoms with Gasteiger partial charge in [-0.3, -0.25) is 0 Å². The van der Waals surface area contributed by atoms with Gasteiger partial charge < -0.3 is 51.8 Å². The molecule has 2 heterocycles. The summed E-state index contributed by atoms with van der Waals surface area (Å²) in [5, 5.41) is 9.48. The van der Waals surface area contributed by atoms with E-state index in [1.54, 1.807) is 12.1 Å². The lowest BCUT2D eigenvalue weighted by molar-refractivity contribution is -0.0128. The van der Waals surface area contributed by atoms with Crippen molar-refractivity contribution < 1.29 is 72.1 Å². The number of nitrogens with zero attached hydrogens (tertiary/aromatic N) is 2. The number of anilines is 1. The Hall–Kier alpha value is -3.58. The minimum absolute atomic E-state index is 0.0371. The van der Waals surface area contributed by atoms with Crippen LogP contribution in [-0.2, 0) is 59.5 Å². The number of aliphatic hydroxyl groups is 1.